The molecule has 2 heterocycles. The van der Waals surface area contributed by atoms with Crippen LogP contribution in [0.1, 0.15) is 0 Å². The van der Waals surface area contributed by atoms with Crippen molar-refractivity contribution in [1.29, 1.82) is 0 Å². The van der Waals surface area contributed by atoms with Crippen LogP contribution in [0.5, 0.6) is 0 Å². The summed E-state index contributed by atoms with van der Waals surface area (Å²) in [5.74, 6) is 0. The first kappa shape index (κ1) is 7.42. The van der Waals surface area contributed by atoms with Crippen molar-refractivity contribution < 1.29 is 0 Å². The highest BCUT2D eigenvalue weighted by Gasteiger charge is 2.16. The molecule has 0 bridgehead atoms. The van der Waals surface area contributed by atoms with Gasteiger partial charge < -0.3 is 20.4 Å². The molecule has 2 aliphatic rings. The van der Waals surface area contributed by atoms with Gasteiger partial charge in [0, 0.05) is 24.8 Å². The van der Waals surface area contributed by atoms with Crippen LogP contribution in [0.15, 0.2) is 24.8 Å². The average Bonchev–Trinajstić information content (AvgIpc) is 2.77. The summed E-state index contributed by atoms with van der Waals surface area (Å²) in [5, 5.41) is 6.94. The molecule has 64 valence electrons. The number of thiocarbonyl (C=S) groups is 1. The van der Waals surface area contributed by atoms with Crippen LogP contribution in [0.2, 0.25) is 0 Å². The molecule has 2 rings (SSSR count). The van der Waals surface area contributed by atoms with Crippen molar-refractivity contribution in [2.75, 3.05) is 13.3 Å². The molecular formula is C7H10N4S. The van der Waals surface area contributed by atoms with Crippen LogP contribution in [-0.4, -0.2) is 28.2 Å². The van der Waals surface area contributed by atoms with Crippen molar-refractivity contribution in [2.24, 2.45) is 0 Å². The second kappa shape index (κ2) is 3.02. The van der Waals surface area contributed by atoms with Crippen molar-refractivity contribution in [3.05, 3.63) is 24.8 Å². The summed E-state index contributed by atoms with van der Waals surface area (Å²) in [4.78, 5) is 3.96. The summed E-state index contributed by atoms with van der Waals surface area (Å²) < 4.78 is 0. The van der Waals surface area contributed by atoms with E-state index in [2.05, 4.69) is 10.6 Å². The minimum Gasteiger partial charge on any atom is -0.372 e. The minimum atomic E-state index is 0.767. The molecule has 0 saturated heterocycles. The third-order valence-corrected chi connectivity index (χ3v) is 2.23. The Balaban J connectivity index is 1.99. The van der Waals surface area contributed by atoms with Gasteiger partial charge in [-0.3, -0.25) is 0 Å². The maximum Gasteiger partial charge on any atom is 0.182 e. The fraction of sp³-hybridized carbons (Fsp3) is 0.286. The van der Waals surface area contributed by atoms with Gasteiger partial charge >= 0.3 is 0 Å². The van der Waals surface area contributed by atoms with Crippen molar-refractivity contribution in [2.45, 2.75) is 0 Å². The lowest BCUT2D eigenvalue weighted by molar-refractivity contribution is 0.469. The van der Waals surface area contributed by atoms with Crippen LogP contribution in [0.25, 0.3) is 0 Å². The first-order chi connectivity index (χ1) is 5.88. The maximum atomic E-state index is 5.24. The molecule has 0 atom stereocenters. The summed E-state index contributed by atoms with van der Waals surface area (Å²) in [5.41, 5.74) is 0. The summed E-state index contributed by atoms with van der Waals surface area (Å²) in [6, 6.07) is 0. The molecular weight excluding hydrogens is 172 g/mol. The van der Waals surface area contributed by atoms with E-state index in [1.807, 2.05) is 34.6 Å². The fourth-order valence-electron chi connectivity index (χ4n) is 1.12. The van der Waals surface area contributed by atoms with Gasteiger partial charge in [0.25, 0.3) is 0 Å². The number of nitrogens with one attached hydrogen (secondary N) is 2. The highest BCUT2D eigenvalue weighted by molar-refractivity contribution is 7.80. The predicted molar refractivity (Wildman–Crippen MR) is 50.6 cm³/mol. The first-order valence-corrected chi connectivity index (χ1v) is 4.16. The molecule has 4 nitrogen and oxygen atoms in total. The quantitative estimate of drug-likeness (QED) is 0.512. The molecule has 12 heavy (non-hydrogen) atoms. The topological polar surface area (TPSA) is 30.5 Å². The first-order valence-electron chi connectivity index (χ1n) is 3.75. The van der Waals surface area contributed by atoms with Gasteiger partial charge in [-0.05, 0) is 12.2 Å². The lowest BCUT2D eigenvalue weighted by atomic mass is 10.7. The normalized spacial score (nSPS) is 19.7. The van der Waals surface area contributed by atoms with Gasteiger partial charge in [-0.2, -0.15) is 0 Å². The Morgan fingerprint density at radius 1 is 1.08 bits per heavy atom. The van der Waals surface area contributed by atoms with E-state index in [9.17, 15) is 0 Å². The molecule has 0 aromatic heterocycles. The van der Waals surface area contributed by atoms with Gasteiger partial charge in [-0.15, -0.1) is 0 Å². The van der Waals surface area contributed by atoms with Crippen LogP contribution >= 0.6 is 12.2 Å². The van der Waals surface area contributed by atoms with Crippen LogP contribution < -0.4 is 10.6 Å². The van der Waals surface area contributed by atoms with E-state index in [-0.39, 0.29) is 0 Å². The van der Waals surface area contributed by atoms with Gasteiger partial charge in [-0.1, -0.05) is 0 Å². The second-order valence-electron chi connectivity index (χ2n) is 2.58. The second-order valence-corrected chi connectivity index (χ2v) is 2.94. The zero-order valence-corrected chi connectivity index (χ0v) is 7.34. The minimum absolute atomic E-state index is 0.767. The summed E-state index contributed by atoms with van der Waals surface area (Å²) in [6.07, 6.45) is 7.65. The van der Waals surface area contributed by atoms with E-state index >= 15 is 0 Å². The van der Waals surface area contributed by atoms with Gasteiger partial charge in [0.2, 0.25) is 0 Å². The van der Waals surface area contributed by atoms with Crippen LogP contribution in [0.4, 0.5) is 0 Å². The highest BCUT2D eigenvalue weighted by Crippen LogP contribution is 2.05. The highest BCUT2D eigenvalue weighted by atomic mass is 32.1. The maximum absolute atomic E-state index is 5.24. The van der Waals surface area contributed by atoms with Crippen molar-refractivity contribution in [1.82, 2.24) is 20.4 Å². The Morgan fingerprint density at radius 2 is 1.58 bits per heavy atom. The summed E-state index contributed by atoms with van der Waals surface area (Å²) in [7, 11) is 0. The molecule has 0 saturated carbocycles. The van der Waals surface area contributed by atoms with Gasteiger partial charge in [0.15, 0.2) is 5.11 Å². The summed E-state index contributed by atoms with van der Waals surface area (Å²) >= 11 is 5.24. The van der Waals surface area contributed by atoms with E-state index in [1.54, 1.807) is 0 Å². The zero-order chi connectivity index (χ0) is 8.39. The van der Waals surface area contributed by atoms with Crippen LogP contribution in [0.3, 0.4) is 0 Å². The molecule has 0 spiro atoms. The molecule has 0 aromatic carbocycles. The molecule has 5 heteroatoms. The molecule has 2 N–H and O–H groups in total. The zero-order valence-electron chi connectivity index (χ0n) is 6.53. The molecule has 0 fully saturated rings. The van der Waals surface area contributed by atoms with Crippen molar-refractivity contribution >= 4 is 17.3 Å². The summed E-state index contributed by atoms with van der Waals surface area (Å²) in [6.45, 7) is 1.53. The Hall–Kier alpha value is -1.23. The lowest BCUT2D eigenvalue weighted by Crippen LogP contribution is -2.38. The Bertz CT molecular complexity index is 224. The Kier molecular flexibility index (Phi) is 1.87. The number of nitrogens with zero attached hydrogens (tertiary/aromatic N) is 2. The Morgan fingerprint density at radius 3 is 1.92 bits per heavy atom. The smallest absolute Gasteiger partial charge is 0.182 e. The van der Waals surface area contributed by atoms with Gasteiger partial charge in [0.1, 0.15) is 0 Å². The Labute approximate surface area is 76.5 Å². The van der Waals surface area contributed by atoms with Crippen LogP contribution in [0, 0.1) is 0 Å². The van der Waals surface area contributed by atoms with Crippen LogP contribution in [-0.2, 0) is 0 Å². The lowest BCUT2D eigenvalue weighted by Gasteiger charge is -2.23. The fourth-order valence-corrected chi connectivity index (χ4v) is 1.37. The largest absolute Gasteiger partial charge is 0.372 e. The third-order valence-electron chi connectivity index (χ3n) is 1.76. The van der Waals surface area contributed by atoms with Gasteiger partial charge in [0.05, 0.1) is 13.3 Å². The van der Waals surface area contributed by atoms with E-state index in [0.717, 1.165) is 18.4 Å². The van der Waals surface area contributed by atoms with Gasteiger partial charge in [-0.25, -0.2) is 0 Å². The molecule has 0 amide bonds. The standard InChI is InChI=1S/C7H10N4S/c12-7(10-3-1-8-5-10)11-4-2-9-6-11/h1-4,8-9H,5-6H2. The van der Waals surface area contributed by atoms with E-state index in [0.29, 0.717) is 0 Å². The molecule has 0 radical (unpaired) electrons. The monoisotopic (exact) mass is 182 g/mol. The van der Waals surface area contributed by atoms with E-state index in [4.69, 9.17) is 12.2 Å². The predicted octanol–water partition coefficient (Wildman–Crippen LogP) is -0.0609. The third kappa shape index (κ3) is 1.23. The van der Waals surface area contributed by atoms with Crippen molar-refractivity contribution in [3.8, 4) is 0 Å². The molecule has 0 unspecified atom stereocenters. The number of rotatable bonds is 0. The molecule has 0 aliphatic carbocycles. The molecule has 2 aliphatic heterocycles. The van der Waals surface area contributed by atoms with Crippen molar-refractivity contribution in [3.63, 3.8) is 0 Å². The number of hydrogen-bond acceptors (Lipinski definition) is 3. The number of hydrogen-bond donors (Lipinski definition) is 2. The molecule has 0 aromatic rings. The average molecular weight is 182 g/mol. The SMILES string of the molecule is S=C(N1C=CNC1)N1C=CNC1. The van der Waals surface area contributed by atoms with E-state index in [1.165, 1.54) is 0 Å². The van der Waals surface area contributed by atoms with E-state index < -0.39 is 0 Å².